The lowest BCUT2D eigenvalue weighted by Crippen LogP contribution is -2.39. The molecule has 0 spiro atoms. The number of ether oxygens (including phenoxy) is 1. The van der Waals surface area contributed by atoms with Crippen LogP contribution in [0.15, 0.2) is 0 Å². The summed E-state index contributed by atoms with van der Waals surface area (Å²) in [5.41, 5.74) is 1.72. The molecule has 1 aliphatic rings. The fourth-order valence-corrected chi connectivity index (χ4v) is 4.42. The Balaban J connectivity index is 1.85. The molecule has 0 atom stereocenters. The van der Waals surface area contributed by atoms with E-state index >= 15 is 0 Å². The number of aryl methyl sites for hydroxylation is 1. The highest BCUT2D eigenvalue weighted by molar-refractivity contribution is 7.16. The monoisotopic (exact) mass is 392 g/mol. The Morgan fingerprint density at radius 1 is 1.22 bits per heavy atom. The van der Waals surface area contributed by atoms with Crippen LogP contribution in [0, 0.1) is 11.3 Å². The zero-order valence-electron chi connectivity index (χ0n) is 16.1. The van der Waals surface area contributed by atoms with Crippen molar-refractivity contribution >= 4 is 28.2 Å². The third kappa shape index (κ3) is 6.61. The van der Waals surface area contributed by atoms with Gasteiger partial charge in [0.2, 0.25) is 11.8 Å². The van der Waals surface area contributed by atoms with E-state index in [1.165, 1.54) is 22.6 Å². The van der Waals surface area contributed by atoms with Crippen molar-refractivity contribution in [3.8, 4) is 6.07 Å². The number of carbonyl (C=O) groups is 2. The maximum absolute atomic E-state index is 12.3. The molecule has 2 amide bonds. The quantitative estimate of drug-likeness (QED) is 0.494. The third-order valence-electron chi connectivity index (χ3n) is 4.46. The summed E-state index contributed by atoms with van der Waals surface area (Å²) >= 11 is 1.52. The van der Waals surface area contributed by atoms with E-state index in [1.54, 1.807) is 19.1 Å². The van der Waals surface area contributed by atoms with Crippen LogP contribution in [-0.4, -0.2) is 57.1 Å². The largest absolute Gasteiger partial charge is 0.385 e. The summed E-state index contributed by atoms with van der Waals surface area (Å²) in [5.74, 6) is -0.334. The Bertz CT molecular complexity index is 696. The van der Waals surface area contributed by atoms with Gasteiger partial charge in [-0.3, -0.25) is 14.5 Å². The maximum Gasteiger partial charge on any atom is 0.239 e. The molecule has 0 aromatic carbocycles. The topological polar surface area (TPSA) is 94.5 Å². The Kier molecular flexibility index (Phi) is 8.72. The number of hydrogen-bond acceptors (Lipinski definition) is 6. The van der Waals surface area contributed by atoms with Crippen LogP contribution < -0.4 is 10.6 Å². The number of hydrogen-bond donors (Lipinski definition) is 2. The highest BCUT2D eigenvalue weighted by Crippen LogP contribution is 2.36. The van der Waals surface area contributed by atoms with E-state index in [1.807, 2.05) is 0 Å². The standard InChI is InChI=1S/C19H28N4O3S/c1-23(12-17(24)21-9-6-10-26-2)13-18(25)22-19-15(11-20)14-7-4-3-5-8-16(14)27-19/h3-10,12-13H2,1-2H3,(H,21,24)(H,22,25). The number of fused-ring (bicyclic) bond motifs is 1. The number of nitriles is 1. The smallest absolute Gasteiger partial charge is 0.239 e. The molecule has 1 aromatic rings. The van der Waals surface area contributed by atoms with Gasteiger partial charge in [-0.15, -0.1) is 11.3 Å². The number of nitrogens with one attached hydrogen (secondary N) is 2. The van der Waals surface area contributed by atoms with Crippen LogP contribution in [0.2, 0.25) is 0 Å². The van der Waals surface area contributed by atoms with Crippen molar-refractivity contribution in [3.05, 3.63) is 16.0 Å². The molecule has 0 saturated carbocycles. The van der Waals surface area contributed by atoms with Crippen molar-refractivity contribution < 1.29 is 14.3 Å². The number of thiophene rings is 1. The van der Waals surface area contributed by atoms with Gasteiger partial charge in [-0.1, -0.05) is 6.42 Å². The molecule has 0 aliphatic heterocycles. The highest BCUT2D eigenvalue weighted by Gasteiger charge is 2.21. The van der Waals surface area contributed by atoms with Crippen LogP contribution in [0.3, 0.4) is 0 Å². The molecule has 0 radical (unpaired) electrons. The SMILES string of the molecule is COCCCNC(=O)CN(C)CC(=O)Nc1sc2c(c1C#N)CCCCC2. The van der Waals surface area contributed by atoms with Gasteiger partial charge in [0, 0.05) is 25.1 Å². The molecule has 1 aliphatic carbocycles. The first-order valence-electron chi connectivity index (χ1n) is 9.33. The van der Waals surface area contributed by atoms with Crippen LogP contribution in [-0.2, 0) is 27.2 Å². The summed E-state index contributed by atoms with van der Waals surface area (Å²) in [7, 11) is 3.35. The van der Waals surface area contributed by atoms with E-state index < -0.39 is 0 Å². The minimum atomic E-state index is -0.211. The van der Waals surface area contributed by atoms with Gasteiger partial charge < -0.3 is 15.4 Å². The molecule has 1 heterocycles. The van der Waals surface area contributed by atoms with Crippen LogP contribution in [0.1, 0.15) is 41.7 Å². The molecule has 27 heavy (non-hydrogen) atoms. The summed E-state index contributed by atoms with van der Waals surface area (Å²) < 4.78 is 4.93. The summed E-state index contributed by atoms with van der Waals surface area (Å²) in [6.07, 6.45) is 6.06. The molecule has 2 N–H and O–H groups in total. The van der Waals surface area contributed by atoms with Gasteiger partial charge >= 0.3 is 0 Å². The van der Waals surface area contributed by atoms with Crippen molar-refractivity contribution in [3.63, 3.8) is 0 Å². The number of likely N-dealkylation sites (N-methyl/N-ethyl adjacent to an activating group) is 1. The molecule has 8 heteroatoms. The zero-order valence-corrected chi connectivity index (χ0v) is 16.9. The molecule has 7 nitrogen and oxygen atoms in total. The predicted molar refractivity (Wildman–Crippen MR) is 106 cm³/mol. The average molecular weight is 393 g/mol. The summed E-state index contributed by atoms with van der Waals surface area (Å²) in [5, 5.41) is 15.8. The highest BCUT2D eigenvalue weighted by atomic mass is 32.1. The van der Waals surface area contributed by atoms with Crippen LogP contribution >= 0.6 is 11.3 Å². The zero-order chi connectivity index (χ0) is 19.6. The molecule has 0 fully saturated rings. The summed E-state index contributed by atoms with van der Waals surface area (Å²) in [6, 6.07) is 2.26. The average Bonchev–Trinajstić information content (AvgIpc) is 2.77. The van der Waals surface area contributed by atoms with Crippen LogP contribution in [0.25, 0.3) is 0 Å². The maximum atomic E-state index is 12.3. The van der Waals surface area contributed by atoms with Crippen molar-refractivity contribution in [1.82, 2.24) is 10.2 Å². The van der Waals surface area contributed by atoms with Gasteiger partial charge in [0.1, 0.15) is 11.1 Å². The second-order valence-electron chi connectivity index (χ2n) is 6.80. The summed E-state index contributed by atoms with van der Waals surface area (Å²) in [4.78, 5) is 27.1. The number of rotatable bonds is 9. The summed E-state index contributed by atoms with van der Waals surface area (Å²) in [6.45, 7) is 1.40. The van der Waals surface area contributed by atoms with E-state index in [0.717, 1.165) is 37.7 Å². The first-order chi connectivity index (χ1) is 13.0. The van der Waals surface area contributed by atoms with E-state index in [0.29, 0.717) is 23.7 Å². The van der Waals surface area contributed by atoms with Crippen molar-refractivity contribution in [2.24, 2.45) is 0 Å². The van der Waals surface area contributed by atoms with Gasteiger partial charge in [-0.2, -0.15) is 5.26 Å². The van der Waals surface area contributed by atoms with Gasteiger partial charge in [-0.05, 0) is 44.7 Å². The Morgan fingerprint density at radius 3 is 2.70 bits per heavy atom. The molecular weight excluding hydrogens is 364 g/mol. The second kappa shape index (κ2) is 11.0. The Morgan fingerprint density at radius 2 is 1.96 bits per heavy atom. The van der Waals surface area contributed by atoms with E-state index in [2.05, 4.69) is 16.7 Å². The Hall–Kier alpha value is -1.95. The van der Waals surface area contributed by atoms with E-state index in [9.17, 15) is 14.9 Å². The normalized spacial score (nSPS) is 13.6. The lowest BCUT2D eigenvalue weighted by Gasteiger charge is -2.15. The first-order valence-corrected chi connectivity index (χ1v) is 10.2. The van der Waals surface area contributed by atoms with E-state index in [4.69, 9.17) is 4.74 Å². The fourth-order valence-electron chi connectivity index (χ4n) is 3.16. The van der Waals surface area contributed by atoms with Crippen LogP contribution in [0.4, 0.5) is 5.00 Å². The van der Waals surface area contributed by atoms with Crippen LogP contribution in [0.5, 0.6) is 0 Å². The molecule has 1 aromatic heterocycles. The molecule has 0 saturated heterocycles. The van der Waals surface area contributed by atoms with Gasteiger partial charge in [0.15, 0.2) is 0 Å². The Labute approximate surface area is 164 Å². The predicted octanol–water partition coefficient (Wildman–Crippen LogP) is 1.91. The van der Waals surface area contributed by atoms with Crippen molar-refractivity contribution in [2.45, 2.75) is 38.5 Å². The number of anilines is 1. The third-order valence-corrected chi connectivity index (χ3v) is 5.67. The molecule has 0 bridgehead atoms. The first kappa shape index (κ1) is 21.4. The number of methoxy groups -OCH3 is 1. The van der Waals surface area contributed by atoms with Crippen molar-refractivity contribution in [2.75, 3.05) is 45.7 Å². The second-order valence-corrected chi connectivity index (χ2v) is 7.90. The number of amides is 2. The molecular formula is C19H28N4O3S. The van der Waals surface area contributed by atoms with Gasteiger partial charge in [0.25, 0.3) is 0 Å². The number of carbonyl (C=O) groups excluding carboxylic acids is 2. The van der Waals surface area contributed by atoms with Gasteiger partial charge in [-0.25, -0.2) is 0 Å². The van der Waals surface area contributed by atoms with E-state index in [-0.39, 0.29) is 24.9 Å². The molecule has 148 valence electrons. The lowest BCUT2D eigenvalue weighted by molar-refractivity contribution is -0.123. The van der Waals surface area contributed by atoms with Gasteiger partial charge in [0.05, 0.1) is 18.7 Å². The minimum absolute atomic E-state index is 0.0962. The van der Waals surface area contributed by atoms with Crippen molar-refractivity contribution in [1.29, 1.82) is 5.26 Å². The number of nitrogens with zero attached hydrogens (tertiary/aromatic N) is 2. The molecule has 0 unspecified atom stereocenters. The minimum Gasteiger partial charge on any atom is -0.385 e. The lowest BCUT2D eigenvalue weighted by atomic mass is 10.1. The fraction of sp³-hybridized carbons (Fsp3) is 0.632. The molecule has 2 rings (SSSR count).